The molecule has 4 nitrogen and oxygen atoms in total. The maximum atomic E-state index is 10.5. The van der Waals surface area contributed by atoms with Crippen LogP contribution in [-0.4, -0.2) is 33.9 Å². The zero-order valence-electron chi connectivity index (χ0n) is 6.54. The van der Waals surface area contributed by atoms with E-state index in [1.807, 2.05) is 0 Å². The molecule has 1 aliphatic heterocycles. The Morgan fingerprint density at radius 3 is 2.82 bits per heavy atom. The first-order chi connectivity index (χ1) is 5.08. The van der Waals surface area contributed by atoms with Crippen molar-refractivity contribution in [1.82, 2.24) is 5.32 Å². The Hall–Kier alpha value is -0.130. The zero-order chi connectivity index (χ0) is 8.32. The largest absolute Gasteiger partial charge is 0.312 e. The van der Waals surface area contributed by atoms with Gasteiger partial charge in [0.25, 0.3) is 10.1 Å². The maximum absolute atomic E-state index is 10.5. The number of hydrogen-bond acceptors (Lipinski definition) is 4. The van der Waals surface area contributed by atoms with Crippen LogP contribution in [-0.2, 0) is 14.3 Å². The Morgan fingerprint density at radius 1 is 1.64 bits per heavy atom. The highest BCUT2D eigenvalue weighted by atomic mass is 32.2. The molecule has 0 aromatic carbocycles. The fourth-order valence-corrected chi connectivity index (χ4v) is 1.52. The van der Waals surface area contributed by atoms with Crippen LogP contribution in [0.4, 0.5) is 0 Å². The van der Waals surface area contributed by atoms with Gasteiger partial charge in [0, 0.05) is 6.04 Å². The Labute approximate surface area is 67.1 Å². The lowest BCUT2D eigenvalue weighted by Gasteiger charge is -2.07. The van der Waals surface area contributed by atoms with Gasteiger partial charge >= 0.3 is 0 Å². The lowest BCUT2D eigenvalue weighted by molar-refractivity contribution is 0.284. The van der Waals surface area contributed by atoms with Crippen molar-refractivity contribution in [3.63, 3.8) is 0 Å². The molecule has 0 radical (unpaired) electrons. The van der Waals surface area contributed by atoms with E-state index in [2.05, 4.69) is 9.50 Å². The first-order valence-corrected chi connectivity index (χ1v) is 5.47. The summed E-state index contributed by atoms with van der Waals surface area (Å²) in [5, 5.41) is 3.14. The summed E-state index contributed by atoms with van der Waals surface area (Å²) < 4.78 is 25.7. The first-order valence-electron chi connectivity index (χ1n) is 3.66. The highest BCUT2D eigenvalue weighted by Crippen LogP contribution is 2.05. The predicted molar refractivity (Wildman–Crippen MR) is 41.8 cm³/mol. The monoisotopic (exact) mass is 179 g/mol. The molecule has 0 unspecified atom stereocenters. The lowest BCUT2D eigenvalue weighted by Crippen LogP contribution is -2.27. The normalized spacial score (nSPS) is 25.7. The van der Waals surface area contributed by atoms with Crippen molar-refractivity contribution in [2.45, 2.75) is 18.9 Å². The maximum Gasteiger partial charge on any atom is 0.264 e. The average molecular weight is 179 g/mol. The minimum absolute atomic E-state index is 0.227. The molecule has 0 saturated carbocycles. The summed E-state index contributed by atoms with van der Waals surface area (Å²) in [5.41, 5.74) is 0. The van der Waals surface area contributed by atoms with Gasteiger partial charge in [-0.1, -0.05) is 0 Å². The number of nitrogens with one attached hydrogen (secondary N) is 1. The molecule has 0 amide bonds. The van der Waals surface area contributed by atoms with Crippen LogP contribution in [0.2, 0.25) is 0 Å². The summed E-state index contributed by atoms with van der Waals surface area (Å²) >= 11 is 0. The average Bonchev–Trinajstić information content (AvgIpc) is 2.32. The molecule has 1 heterocycles. The van der Waals surface area contributed by atoms with Crippen molar-refractivity contribution in [3.05, 3.63) is 0 Å². The highest BCUT2D eigenvalue weighted by molar-refractivity contribution is 7.85. The third-order valence-electron chi connectivity index (χ3n) is 1.65. The molecule has 5 heteroatoms. The van der Waals surface area contributed by atoms with E-state index in [1.165, 1.54) is 0 Å². The summed E-state index contributed by atoms with van der Waals surface area (Å²) in [5.74, 6) is 0. The van der Waals surface area contributed by atoms with Gasteiger partial charge in [0.1, 0.15) is 0 Å². The molecule has 1 aliphatic rings. The second-order valence-electron chi connectivity index (χ2n) is 2.78. The van der Waals surface area contributed by atoms with Crippen LogP contribution >= 0.6 is 0 Å². The fraction of sp³-hybridized carbons (Fsp3) is 1.00. The molecule has 0 aromatic heterocycles. The Kier molecular flexibility index (Phi) is 2.86. The van der Waals surface area contributed by atoms with Crippen molar-refractivity contribution in [3.8, 4) is 0 Å². The highest BCUT2D eigenvalue weighted by Gasteiger charge is 2.15. The van der Waals surface area contributed by atoms with Gasteiger partial charge in [0.05, 0.1) is 12.9 Å². The summed E-state index contributed by atoms with van der Waals surface area (Å²) in [7, 11) is -3.25. The van der Waals surface area contributed by atoms with E-state index >= 15 is 0 Å². The molecule has 66 valence electrons. The van der Waals surface area contributed by atoms with Crippen molar-refractivity contribution < 1.29 is 12.6 Å². The molecular formula is C6H13NO3S. The molecule has 0 aromatic rings. The molecule has 0 aliphatic carbocycles. The van der Waals surface area contributed by atoms with Crippen molar-refractivity contribution >= 4 is 10.1 Å². The van der Waals surface area contributed by atoms with Gasteiger partial charge in [-0.05, 0) is 19.4 Å². The molecule has 1 N–H and O–H groups in total. The van der Waals surface area contributed by atoms with E-state index in [-0.39, 0.29) is 12.6 Å². The standard InChI is InChI=1S/C6H13NO3S/c1-11(8,9)10-5-6-3-2-4-7-6/h6-7H,2-5H2,1H3/t6-/m0/s1. The summed E-state index contributed by atoms with van der Waals surface area (Å²) in [4.78, 5) is 0. The third kappa shape index (κ3) is 3.69. The second-order valence-corrected chi connectivity index (χ2v) is 4.43. The molecule has 0 spiro atoms. The van der Waals surface area contributed by atoms with Crippen LogP contribution in [0.25, 0.3) is 0 Å². The van der Waals surface area contributed by atoms with Gasteiger partial charge in [-0.25, -0.2) is 0 Å². The Bertz CT molecular complexity index is 206. The van der Waals surface area contributed by atoms with Crippen molar-refractivity contribution in [2.75, 3.05) is 19.4 Å². The minimum atomic E-state index is -3.25. The summed E-state index contributed by atoms with van der Waals surface area (Å²) in [6, 6.07) is 0.227. The molecule has 1 rings (SSSR count). The van der Waals surface area contributed by atoms with Gasteiger partial charge < -0.3 is 5.32 Å². The molecule has 1 atom stereocenters. The van der Waals surface area contributed by atoms with Gasteiger partial charge in [0.2, 0.25) is 0 Å². The van der Waals surface area contributed by atoms with Gasteiger partial charge in [-0.15, -0.1) is 0 Å². The molecular weight excluding hydrogens is 166 g/mol. The SMILES string of the molecule is CS(=O)(=O)OC[C@@H]1CCCN1. The second kappa shape index (κ2) is 3.51. The molecule has 11 heavy (non-hydrogen) atoms. The first kappa shape index (κ1) is 8.96. The van der Waals surface area contributed by atoms with E-state index < -0.39 is 10.1 Å². The van der Waals surface area contributed by atoms with Crippen LogP contribution in [0.3, 0.4) is 0 Å². The predicted octanol–water partition coefficient (Wildman–Crippen LogP) is -0.285. The molecule has 0 bridgehead atoms. The van der Waals surface area contributed by atoms with Crippen LogP contribution in [0.1, 0.15) is 12.8 Å². The molecule has 1 saturated heterocycles. The number of rotatable bonds is 3. The topological polar surface area (TPSA) is 55.4 Å². The minimum Gasteiger partial charge on any atom is -0.312 e. The van der Waals surface area contributed by atoms with E-state index in [4.69, 9.17) is 0 Å². The van der Waals surface area contributed by atoms with Crippen LogP contribution in [0.15, 0.2) is 0 Å². The van der Waals surface area contributed by atoms with Gasteiger partial charge in [0.15, 0.2) is 0 Å². The van der Waals surface area contributed by atoms with Crippen LogP contribution in [0.5, 0.6) is 0 Å². The van der Waals surface area contributed by atoms with E-state index in [9.17, 15) is 8.42 Å². The Morgan fingerprint density at radius 2 is 2.36 bits per heavy atom. The third-order valence-corrected chi connectivity index (χ3v) is 2.21. The van der Waals surface area contributed by atoms with E-state index in [0.717, 1.165) is 25.6 Å². The lowest BCUT2D eigenvalue weighted by atomic mass is 10.2. The summed E-state index contributed by atoms with van der Waals surface area (Å²) in [6.45, 7) is 1.25. The zero-order valence-corrected chi connectivity index (χ0v) is 7.36. The van der Waals surface area contributed by atoms with Crippen molar-refractivity contribution in [1.29, 1.82) is 0 Å². The quantitative estimate of drug-likeness (QED) is 0.605. The Balaban J connectivity index is 2.22. The number of hydrogen-bond donors (Lipinski definition) is 1. The molecule has 1 fully saturated rings. The smallest absolute Gasteiger partial charge is 0.264 e. The van der Waals surface area contributed by atoms with Gasteiger partial charge in [-0.3, -0.25) is 4.18 Å². The van der Waals surface area contributed by atoms with Gasteiger partial charge in [-0.2, -0.15) is 8.42 Å². The van der Waals surface area contributed by atoms with Crippen LogP contribution < -0.4 is 5.32 Å². The summed E-state index contributed by atoms with van der Waals surface area (Å²) in [6.07, 6.45) is 3.19. The van der Waals surface area contributed by atoms with E-state index in [0.29, 0.717) is 0 Å². The van der Waals surface area contributed by atoms with Crippen molar-refractivity contribution in [2.24, 2.45) is 0 Å². The van der Waals surface area contributed by atoms with E-state index in [1.54, 1.807) is 0 Å². The fourth-order valence-electron chi connectivity index (χ4n) is 1.10. The van der Waals surface area contributed by atoms with Crippen LogP contribution in [0, 0.1) is 0 Å².